The van der Waals surface area contributed by atoms with Crippen molar-refractivity contribution in [3.8, 4) is 5.75 Å². The molecule has 0 radical (unpaired) electrons. The second-order valence-corrected chi connectivity index (χ2v) is 5.53. The van der Waals surface area contributed by atoms with E-state index in [1.165, 1.54) is 4.90 Å². The molecule has 5 nitrogen and oxygen atoms in total. The van der Waals surface area contributed by atoms with E-state index in [-0.39, 0.29) is 5.91 Å². The van der Waals surface area contributed by atoms with Crippen molar-refractivity contribution in [3.63, 3.8) is 0 Å². The Bertz CT molecular complexity index is 599. The van der Waals surface area contributed by atoms with E-state index in [2.05, 4.69) is 0 Å². The molecule has 116 valence electrons. The summed E-state index contributed by atoms with van der Waals surface area (Å²) in [6.07, 6.45) is 1.71. The molecule has 0 aliphatic carbocycles. The van der Waals surface area contributed by atoms with Crippen LogP contribution in [0.15, 0.2) is 47.1 Å². The van der Waals surface area contributed by atoms with Gasteiger partial charge in [0.15, 0.2) is 5.76 Å². The minimum atomic E-state index is 0.0969. The van der Waals surface area contributed by atoms with Gasteiger partial charge >= 0.3 is 0 Å². The van der Waals surface area contributed by atoms with Crippen molar-refractivity contribution in [3.05, 3.63) is 54.0 Å². The van der Waals surface area contributed by atoms with E-state index < -0.39 is 0 Å². The molecule has 1 amide bonds. The van der Waals surface area contributed by atoms with Crippen LogP contribution in [-0.2, 0) is 6.54 Å². The molecule has 3 rings (SSSR count). The summed E-state index contributed by atoms with van der Waals surface area (Å²) in [6, 6.07) is 11.2. The molecule has 1 aliphatic rings. The molecule has 1 aromatic heterocycles. The molecule has 0 saturated carbocycles. The fraction of sp³-hybridized carbons (Fsp3) is 0.353. The predicted molar refractivity (Wildman–Crippen MR) is 82.0 cm³/mol. The van der Waals surface area contributed by atoms with Crippen LogP contribution in [0, 0.1) is 0 Å². The summed E-state index contributed by atoms with van der Waals surface area (Å²) < 4.78 is 10.5. The molecule has 0 bridgehead atoms. The topological polar surface area (TPSA) is 47.1 Å². The van der Waals surface area contributed by atoms with Crippen molar-refractivity contribution in [2.45, 2.75) is 6.54 Å². The fourth-order valence-electron chi connectivity index (χ4n) is 2.78. The van der Waals surface area contributed by atoms with Gasteiger partial charge in [0.2, 0.25) is 0 Å². The van der Waals surface area contributed by atoms with Gasteiger partial charge in [-0.05, 0) is 36.4 Å². The first kappa shape index (κ1) is 14.7. The number of hydrogen-bond acceptors (Lipinski definition) is 3. The molecule has 0 spiro atoms. The lowest BCUT2D eigenvalue weighted by molar-refractivity contribution is -0.918. The first-order chi connectivity index (χ1) is 10.8. The van der Waals surface area contributed by atoms with Gasteiger partial charge < -0.3 is 19.0 Å². The Hall–Kier alpha value is -2.27. The van der Waals surface area contributed by atoms with Gasteiger partial charge in [-0.15, -0.1) is 0 Å². The highest BCUT2D eigenvalue weighted by atomic mass is 16.5. The zero-order valence-corrected chi connectivity index (χ0v) is 12.7. The lowest BCUT2D eigenvalue weighted by Crippen LogP contribution is -3.13. The van der Waals surface area contributed by atoms with Crippen molar-refractivity contribution in [1.82, 2.24) is 4.90 Å². The molecule has 1 fully saturated rings. The molecule has 1 aliphatic heterocycles. The number of nitrogens with zero attached hydrogens (tertiary/aromatic N) is 1. The Kier molecular flexibility index (Phi) is 4.44. The van der Waals surface area contributed by atoms with Crippen LogP contribution in [0.4, 0.5) is 0 Å². The van der Waals surface area contributed by atoms with E-state index in [1.54, 1.807) is 13.4 Å². The van der Waals surface area contributed by atoms with Crippen molar-refractivity contribution in [2.75, 3.05) is 33.3 Å². The molecule has 2 aromatic rings. The quantitative estimate of drug-likeness (QED) is 0.910. The van der Waals surface area contributed by atoms with Crippen LogP contribution in [0.25, 0.3) is 0 Å². The van der Waals surface area contributed by atoms with Crippen molar-refractivity contribution >= 4 is 5.91 Å². The summed E-state index contributed by atoms with van der Waals surface area (Å²) in [4.78, 5) is 15.9. The van der Waals surface area contributed by atoms with Gasteiger partial charge in [0, 0.05) is 5.56 Å². The summed E-state index contributed by atoms with van der Waals surface area (Å²) in [5.41, 5.74) is 0.718. The Balaban J connectivity index is 1.54. The zero-order valence-electron chi connectivity index (χ0n) is 12.7. The maximum absolute atomic E-state index is 12.5. The largest absolute Gasteiger partial charge is 0.497 e. The lowest BCUT2D eigenvalue weighted by atomic mass is 10.1. The van der Waals surface area contributed by atoms with Crippen LogP contribution in [0.5, 0.6) is 5.75 Å². The van der Waals surface area contributed by atoms with E-state index in [9.17, 15) is 4.79 Å². The second-order valence-electron chi connectivity index (χ2n) is 5.53. The molecule has 0 atom stereocenters. The van der Waals surface area contributed by atoms with Crippen molar-refractivity contribution in [1.29, 1.82) is 0 Å². The molecule has 0 unspecified atom stereocenters. The number of ether oxygens (including phenoxy) is 1. The van der Waals surface area contributed by atoms with E-state index in [0.717, 1.165) is 49.8 Å². The van der Waals surface area contributed by atoms with Crippen molar-refractivity contribution < 1.29 is 18.8 Å². The molecule has 2 heterocycles. The third-order valence-electron chi connectivity index (χ3n) is 4.10. The van der Waals surface area contributed by atoms with E-state index in [4.69, 9.17) is 9.15 Å². The fourth-order valence-corrected chi connectivity index (χ4v) is 2.78. The van der Waals surface area contributed by atoms with E-state index in [0.29, 0.717) is 0 Å². The maximum atomic E-state index is 12.5. The van der Waals surface area contributed by atoms with Crippen LogP contribution in [0.2, 0.25) is 0 Å². The second kappa shape index (κ2) is 6.66. The number of hydrogen-bond donors (Lipinski definition) is 1. The summed E-state index contributed by atoms with van der Waals surface area (Å²) in [7, 11) is 1.62. The van der Waals surface area contributed by atoms with Crippen molar-refractivity contribution in [2.24, 2.45) is 0 Å². The Morgan fingerprint density at radius 1 is 1.23 bits per heavy atom. The van der Waals surface area contributed by atoms with E-state index >= 15 is 0 Å². The molecular weight excluding hydrogens is 280 g/mol. The van der Waals surface area contributed by atoms with Gasteiger partial charge in [-0.1, -0.05) is 0 Å². The SMILES string of the molecule is COc1ccc(C(=O)N2CC[NH+](Cc3ccco3)CC2)cc1. The average Bonchev–Trinajstić information content (AvgIpc) is 3.08. The van der Waals surface area contributed by atoms with Crippen LogP contribution >= 0.6 is 0 Å². The summed E-state index contributed by atoms with van der Waals surface area (Å²) >= 11 is 0. The smallest absolute Gasteiger partial charge is 0.254 e. The predicted octanol–water partition coefficient (Wildman–Crippen LogP) is 0.829. The lowest BCUT2D eigenvalue weighted by Gasteiger charge is -2.31. The number of carbonyl (C=O) groups is 1. The summed E-state index contributed by atoms with van der Waals surface area (Å²) in [5, 5.41) is 0. The number of amides is 1. The molecule has 1 saturated heterocycles. The first-order valence-electron chi connectivity index (χ1n) is 7.55. The molecule has 1 aromatic carbocycles. The van der Waals surface area contributed by atoms with Gasteiger partial charge in [-0.25, -0.2) is 0 Å². The highest BCUT2D eigenvalue weighted by Crippen LogP contribution is 2.13. The number of quaternary nitrogens is 1. The number of piperazine rings is 1. The van der Waals surface area contributed by atoms with Gasteiger partial charge in [0.25, 0.3) is 5.91 Å². The Morgan fingerprint density at radius 2 is 1.95 bits per heavy atom. The standard InChI is InChI=1S/C17H20N2O3/c1-21-15-6-4-14(5-7-15)17(20)19-10-8-18(9-11-19)13-16-3-2-12-22-16/h2-7,12H,8-11,13H2,1H3/p+1. The maximum Gasteiger partial charge on any atom is 0.254 e. The Morgan fingerprint density at radius 3 is 2.55 bits per heavy atom. The Labute approximate surface area is 130 Å². The third-order valence-corrected chi connectivity index (χ3v) is 4.10. The van der Waals surface area contributed by atoms with Gasteiger partial charge in [0.05, 0.1) is 39.6 Å². The highest BCUT2D eigenvalue weighted by Gasteiger charge is 2.25. The van der Waals surface area contributed by atoms with Crippen LogP contribution in [0.1, 0.15) is 16.1 Å². The van der Waals surface area contributed by atoms with Gasteiger partial charge in [-0.3, -0.25) is 4.79 Å². The first-order valence-corrected chi connectivity index (χ1v) is 7.55. The zero-order chi connectivity index (χ0) is 15.4. The number of carbonyl (C=O) groups excluding carboxylic acids is 1. The molecule has 1 N–H and O–H groups in total. The number of methoxy groups -OCH3 is 1. The molecule has 22 heavy (non-hydrogen) atoms. The molecular formula is C17H21N2O3+. The van der Waals surface area contributed by atoms with Crippen LogP contribution in [-0.4, -0.2) is 44.1 Å². The van der Waals surface area contributed by atoms with Crippen LogP contribution < -0.4 is 9.64 Å². The highest BCUT2D eigenvalue weighted by molar-refractivity contribution is 5.94. The summed E-state index contributed by atoms with van der Waals surface area (Å²) in [5.74, 6) is 1.87. The normalized spacial score (nSPS) is 15.8. The number of benzene rings is 1. The minimum Gasteiger partial charge on any atom is -0.497 e. The molecule has 5 heteroatoms. The minimum absolute atomic E-state index is 0.0969. The average molecular weight is 301 g/mol. The summed E-state index contributed by atoms with van der Waals surface area (Å²) in [6.45, 7) is 4.34. The monoisotopic (exact) mass is 301 g/mol. The number of furan rings is 1. The number of rotatable bonds is 4. The third kappa shape index (κ3) is 3.31. The number of nitrogens with one attached hydrogen (secondary N) is 1. The van der Waals surface area contributed by atoms with Gasteiger partial charge in [0.1, 0.15) is 12.3 Å². The van der Waals surface area contributed by atoms with Crippen LogP contribution in [0.3, 0.4) is 0 Å². The van der Waals surface area contributed by atoms with Gasteiger partial charge in [-0.2, -0.15) is 0 Å². The van der Waals surface area contributed by atoms with E-state index in [1.807, 2.05) is 41.3 Å².